The van der Waals surface area contributed by atoms with Gasteiger partial charge < -0.3 is 15.7 Å². The van der Waals surface area contributed by atoms with E-state index in [0.29, 0.717) is 12.3 Å². The van der Waals surface area contributed by atoms with E-state index in [-0.39, 0.29) is 30.3 Å². The van der Waals surface area contributed by atoms with E-state index in [1.54, 1.807) is 0 Å². The van der Waals surface area contributed by atoms with Crippen LogP contribution in [0.15, 0.2) is 12.3 Å². The number of rotatable bonds is 2. The van der Waals surface area contributed by atoms with Crippen LogP contribution >= 0.6 is 12.4 Å². The lowest BCUT2D eigenvalue weighted by molar-refractivity contribution is -0.139. The van der Waals surface area contributed by atoms with Crippen molar-refractivity contribution in [1.29, 1.82) is 0 Å². The van der Waals surface area contributed by atoms with E-state index >= 15 is 0 Å². The number of nitrogens with two attached hydrogens (primary N) is 1. The van der Waals surface area contributed by atoms with Crippen molar-refractivity contribution in [3.05, 3.63) is 23.8 Å². The Morgan fingerprint density at radius 2 is 2.00 bits per heavy atom. The summed E-state index contributed by atoms with van der Waals surface area (Å²) in [7, 11) is 0. The minimum Gasteiger partial charge on any atom is -0.391 e. The molecule has 1 aromatic rings. The number of aliphatic hydroxyl groups excluding tert-OH is 1. The zero-order valence-corrected chi connectivity index (χ0v) is 14.9. The number of nitrogens with zero attached hydrogens (tertiary/aromatic N) is 3. The topological polar surface area (TPSA) is 92.3 Å². The number of likely N-dealkylation sites (tertiary alicyclic amines) is 1. The fraction of sp³-hybridized carbons (Fsp3) is 0.706. The molecule has 3 rings (SSSR count). The van der Waals surface area contributed by atoms with Crippen LogP contribution in [0.4, 0.5) is 0 Å². The van der Waals surface area contributed by atoms with E-state index in [9.17, 15) is 9.90 Å². The van der Waals surface area contributed by atoms with Crippen molar-refractivity contribution in [3.63, 3.8) is 0 Å². The maximum atomic E-state index is 12.7. The monoisotopic (exact) mass is 354 g/mol. The molecule has 1 aromatic heterocycles. The van der Waals surface area contributed by atoms with Crippen molar-refractivity contribution < 1.29 is 9.90 Å². The summed E-state index contributed by atoms with van der Waals surface area (Å²) < 4.78 is 0. The van der Waals surface area contributed by atoms with Crippen molar-refractivity contribution in [2.24, 2.45) is 11.7 Å². The van der Waals surface area contributed by atoms with Gasteiger partial charge in [0.15, 0.2) is 0 Å². The smallest absolute Gasteiger partial charge is 0.225 e. The summed E-state index contributed by atoms with van der Waals surface area (Å²) >= 11 is 0. The fourth-order valence-corrected chi connectivity index (χ4v) is 3.75. The highest BCUT2D eigenvalue weighted by Gasteiger charge is 2.34. The Labute approximate surface area is 149 Å². The molecule has 2 fully saturated rings. The van der Waals surface area contributed by atoms with Crippen LogP contribution in [0, 0.1) is 12.8 Å². The summed E-state index contributed by atoms with van der Waals surface area (Å²) in [6, 6.07) is 1.80. The molecule has 3 N–H and O–H groups in total. The Balaban J connectivity index is 0.00000208. The van der Waals surface area contributed by atoms with Gasteiger partial charge in [0.2, 0.25) is 5.91 Å². The van der Waals surface area contributed by atoms with Crippen LogP contribution in [0.25, 0.3) is 0 Å². The molecular formula is C17H27ClN4O2. The highest BCUT2D eigenvalue weighted by molar-refractivity contribution is 5.85. The molecule has 24 heavy (non-hydrogen) atoms. The number of amides is 1. The summed E-state index contributed by atoms with van der Waals surface area (Å²) in [5.41, 5.74) is 6.91. The van der Waals surface area contributed by atoms with Crippen LogP contribution in [0.1, 0.15) is 49.5 Å². The second-order valence-corrected chi connectivity index (χ2v) is 6.87. The Kier molecular flexibility index (Phi) is 6.54. The molecule has 1 aliphatic heterocycles. The summed E-state index contributed by atoms with van der Waals surface area (Å²) in [5.74, 6) is 1.33. The predicted octanol–water partition coefficient (Wildman–Crippen LogP) is 1.40. The third-order valence-electron chi connectivity index (χ3n) is 5.24. The molecule has 2 heterocycles. The lowest BCUT2D eigenvalue weighted by atomic mass is 9.83. The summed E-state index contributed by atoms with van der Waals surface area (Å²) in [6.07, 6.45) is 5.18. The van der Waals surface area contributed by atoms with Gasteiger partial charge in [0, 0.05) is 42.9 Å². The SMILES string of the molecule is Cc1nccc(C2CCN(C(=O)[C@H]3CC[C@H](N)[C@@H](O)C3)CC2)n1.Cl. The normalized spacial score (nSPS) is 28.3. The van der Waals surface area contributed by atoms with Crippen molar-refractivity contribution >= 4 is 18.3 Å². The van der Waals surface area contributed by atoms with Crippen LogP contribution in [-0.2, 0) is 4.79 Å². The molecule has 7 heteroatoms. The number of piperidine rings is 1. The molecule has 3 atom stereocenters. The second kappa shape index (κ2) is 8.23. The molecule has 6 nitrogen and oxygen atoms in total. The standard InChI is InChI=1S/C17H26N4O2.ClH/c1-11-19-7-4-15(20-11)12-5-8-21(9-6-12)17(23)13-2-3-14(18)16(22)10-13;/h4,7,12-14,16,22H,2-3,5-6,8-10,18H2,1H3;1H/t13-,14-,16-;/m0./s1. The molecule has 0 bridgehead atoms. The Hall–Kier alpha value is -1.24. The molecule has 0 radical (unpaired) electrons. The van der Waals surface area contributed by atoms with Gasteiger partial charge in [-0.1, -0.05) is 0 Å². The number of hydrogen-bond acceptors (Lipinski definition) is 5. The number of aromatic nitrogens is 2. The maximum absolute atomic E-state index is 12.7. The summed E-state index contributed by atoms with van der Waals surface area (Å²) in [5, 5.41) is 9.90. The fourth-order valence-electron chi connectivity index (χ4n) is 3.75. The van der Waals surface area contributed by atoms with Gasteiger partial charge in [0.1, 0.15) is 5.82 Å². The van der Waals surface area contributed by atoms with Gasteiger partial charge in [-0.15, -0.1) is 12.4 Å². The number of halogens is 1. The molecule has 0 spiro atoms. The Bertz CT molecular complexity index is 563. The molecule has 0 aromatic carbocycles. The van der Waals surface area contributed by atoms with Crippen LogP contribution in [-0.4, -0.2) is 51.1 Å². The van der Waals surface area contributed by atoms with E-state index < -0.39 is 6.10 Å². The number of aliphatic hydroxyl groups is 1. The van der Waals surface area contributed by atoms with E-state index in [2.05, 4.69) is 9.97 Å². The molecule has 134 valence electrons. The molecular weight excluding hydrogens is 328 g/mol. The lowest BCUT2D eigenvalue weighted by Gasteiger charge is -2.37. The zero-order chi connectivity index (χ0) is 16.4. The van der Waals surface area contributed by atoms with Crippen LogP contribution in [0.2, 0.25) is 0 Å². The van der Waals surface area contributed by atoms with E-state index in [1.165, 1.54) is 0 Å². The number of aryl methyl sites for hydroxylation is 1. The van der Waals surface area contributed by atoms with Gasteiger partial charge in [-0.05, 0) is 45.1 Å². The first-order valence-electron chi connectivity index (χ1n) is 8.56. The minimum absolute atomic E-state index is 0. The average Bonchev–Trinajstić information content (AvgIpc) is 2.57. The van der Waals surface area contributed by atoms with E-state index in [1.807, 2.05) is 24.1 Å². The van der Waals surface area contributed by atoms with Gasteiger partial charge >= 0.3 is 0 Å². The minimum atomic E-state index is -0.542. The first-order valence-corrected chi connectivity index (χ1v) is 8.56. The largest absolute Gasteiger partial charge is 0.391 e. The molecule has 1 aliphatic carbocycles. The van der Waals surface area contributed by atoms with Crippen LogP contribution in [0.3, 0.4) is 0 Å². The van der Waals surface area contributed by atoms with E-state index in [4.69, 9.17) is 5.73 Å². The van der Waals surface area contributed by atoms with E-state index in [0.717, 1.165) is 50.3 Å². The lowest BCUT2D eigenvalue weighted by Crippen LogP contribution is -2.47. The van der Waals surface area contributed by atoms with Crippen LogP contribution < -0.4 is 5.73 Å². The van der Waals surface area contributed by atoms with Gasteiger partial charge in [0.05, 0.1) is 6.10 Å². The van der Waals surface area contributed by atoms with Gasteiger partial charge in [0.25, 0.3) is 0 Å². The second-order valence-electron chi connectivity index (χ2n) is 6.87. The van der Waals surface area contributed by atoms with Gasteiger partial charge in [-0.3, -0.25) is 4.79 Å². The van der Waals surface area contributed by atoms with Crippen LogP contribution in [0.5, 0.6) is 0 Å². The van der Waals surface area contributed by atoms with Gasteiger partial charge in [-0.2, -0.15) is 0 Å². The van der Waals surface area contributed by atoms with Crippen molar-refractivity contribution in [2.75, 3.05) is 13.1 Å². The summed E-state index contributed by atoms with van der Waals surface area (Å²) in [4.78, 5) is 23.3. The zero-order valence-electron chi connectivity index (χ0n) is 14.1. The van der Waals surface area contributed by atoms with Crippen molar-refractivity contribution in [2.45, 2.75) is 57.1 Å². The first-order chi connectivity index (χ1) is 11.0. The van der Waals surface area contributed by atoms with Crippen molar-refractivity contribution in [1.82, 2.24) is 14.9 Å². The first kappa shape index (κ1) is 19.1. The number of carbonyl (C=O) groups excluding carboxylic acids is 1. The Morgan fingerprint density at radius 3 is 2.62 bits per heavy atom. The average molecular weight is 355 g/mol. The molecule has 1 amide bonds. The highest BCUT2D eigenvalue weighted by Crippen LogP contribution is 2.30. The highest BCUT2D eigenvalue weighted by atomic mass is 35.5. The molecule has 1 saturated heterocycles. The summed E-state index contributed by atoms with van der Waals surface area (Å²) in [6.45, 7) is 3.44. The number of carbonyl (C=O) groups is 1. The number of hydrogen-bond donors (Lipinski definition) is 2. The third kappa shape index (κ3) is 4.23. The van der Waals surface area contributed by atoms with Gasteiger partial charge in [-0.25, -0.2) is 9.97 Å². The molecule has 1 saturated carbocycles. The molecule has 0 unspecified atom stereocenters. The predicted molar refractivity (Wildman–Crippen MR) is 93.9 cm³/mol. The van der Waals surface area contributed by atoms with Crippen molar-refractivity contribution in [3.8, 4) is 0 Å². The molecule has 2 aliphatic rings. The maximum Gasteiger partial charge on any atom is 0.225 e. The quantitative estimate of drug-likeness (QED) is 0.837. The Morgan fingerprint density at radius 1 is 1.29 bits per heavy atom. The third-order valence-corrected chi connectivity index (χ3v) is 5.24.